The molecule has 0 rings (SSSR count). The summed E-state index contributed by atoms with van der Waals surface area (Å²) >= 11 is 0. The number of rotatable bonds is 73. The summed E-state index contributed by atoms with van der Waals surface area (Å²) < 4.78 is 0. The fraction of sp³-hybridized carbons (Fsp3) is 0.841. The molecule has 0 spiro atoms. The van der Waals surface area contributed by atoms with Crippen LogP contribution in [-0.4, -0.2) is 34.9 Å². The molecular formula is C82H153NO3. The Bertz CT molecular complexity index is 1460. The van der Waals surface area contributed by atoms with Crippen molar-refractivity contribution in [2.24, 2.45) is 0 Å². The molecule has 86 heavy (non-hydrogen) atoms. The summed E-state index contributed by atoms with van der Waals surface area (Å²) in [5.41, 5.74) is 0. The minimum absolute atomic E-state index is 0.0708. The van der Waals surface area contributed by atoms with Gasteiger partial charge in [0, 0.05) is 6.42 Å². The Labute approximate surface area is 539 Å². The fourth-order valence-corrected chi connectivity index (χ4v) is 12.2. The number of aliphatic hydroxyl groups excluding tert-OH is 2. The molecule has 0 heterocycles. The van der Waals surface area contributed by atoms with Gasteiger partial charge in [-0.3, -0.25) is 4.79 Å². The standard InChI is InChI=1S/C82H153NO3/c1-3-5-7-9-11-13-15-17-19-21-23-25-27-29-31-33-35-37-38-39-40-41-42-43-44-46-48-50-52-54-56-58-60-62-64-66-68-70-72-74-76-78-82(86)83-80(79-84)81(85)77-75-73-71-69-67-65-63-61-59-57-55-53-51-49-47-45-36-34-32-30-28-26-24-22-20-18-16-14-12-10-8-6-4-2/h15,17,21,23,27,29,59,61,67,69,75,77,80-81,84-85H,3-14,16,18-20,22,24-26,28,30-58,60,62-66,68,70-74,76,78-79H2,1-2H3,(H,83,86)/b17-15-,23-21-,29-27-,61-59+,69-67+,77-75+. The minimum atomic E-state index is -0.874. The van der Waals surface area contributed by atoms with E-state index in [-0.39, 0.29) is 12.5 Å². The van der Waals surface area contributed by atoms with E-state index in [4.69, 9.17) is 0 Å². The lowest BCUT2D eigenvalue weighted by Crippen LogP contribution is -2.45. The number of amides is 1. The zero-order valence-corrected chi connectivity index (χ0v) is 58.3. The third-order valence-electron chi connectivity index (χ3n) is 18.1. The van der Waals surface area contributed by atoms with Crippen LogP contribution in [0.25, 0.3) is 0 Å². The molecule has 0 bridgehead atoms. The van der Waals surface area contributed by atoms with Gasteiger partial charge < -0.3 is 15.5 Å². The van der Waals surface area contributed by atoms with E-state index in [1.807, 2.05) is 6.08 Å². The number of carbonyl (C=O) groups excluding carboxylic acids is 1. The Balaban J connectivity index is 3.45. The molecule has 2 unspecified atom stereocenters. The van der Waals surface area contributed by atoms with Gasteiger partial charge in [-0.2, -0.15) is 0 Å². The van der Waals surface area contributed by atoms with Gasteiger partial charge in [0.25, 0.3) is 0 Å². The van der Waals surface area contributed by atoms with Crippen LogP contribution >= 0.6 is 0 Å². The molecule has 0 saturated carbocycles. The number of hydrogen-bond donors (Lipinski definition) is 3. The Hall–Kier alpha value is -2.17. The smallest absolute Gasteiger partial charge is 0.220 e. The maximum atomic E-state index is 12.6. The Kier molecular flexibility index (Phi) is 75.1. The minimum Gasteiger partial charge on any atom is -0.394 e. The number of carbonyl (C=O) groups is 1. The number of hydrogen-bond acceptors (Lipinski definition) is 3. The van der Waals surface area contributed by atoms with Crippen molar-refractivity contribution in [3.63, 3.8) is 0 Å². The molecule has 0 saturated heterocycles. The molecule has 0 radical (unpaired) electrons. The molecule has 0 aliphatic heterocycles. The van der Waals surface area contributed by atoms with Gasteiger partial charge in [-0.05, 0) is 83.5 Å². The molecule has 0 aromatic heterocycles. The summed E-state index contributed by atoms with van der Waals surface area (Å²) in [6.07, 6.45) is 112. The second kappa shape index (κ2) is 77.1. The predicted molar refractivity (Wildman–Crippen MR) is 387 cm³/mol. The van der Waals surface area contributed by atoms with E-state index < -0.39 is 12.1 Å². The average molecular weight is 1200 g/mol. The van der Waals surface area contributed by atoms with Crippen LogP contribution in [0.15, 0.2) is 72.9 Å². The Morgan fingerprint density at radius 3 is 0.756 bits per heavy atom. The summed E-state index contributed by atoms with van der Waals surface area (Å²) in [4.78, 5) is 12.6. The fourth-order valence-electron chi connectivity index (χ4n) is 12.2. The zero-order chi connectivity index (χ0) is 61.9. The molecule has 0 fully saturated rings. The molecule has 1 amide bonds. The third-order valence-corrected chi connectivity index (χ3v) is 18.1. The monoisotopic (exact) mass is 1200 g/mol. The first-order chi connectivity index (χ1) is 42.7. The molecule has 2 atom stereocenters. The maximum absolute atomic E-state index is 12.6. The van der Waals surface area contributed by atoms with Crippen molar-refractivity contribution in [3.05, 3.63) is 72.9 Å². The van der Waals surface area contributed by atoms with Crippen molar-refractivity contribution in [2.45, 2.75) is 437 Å². The lowest BCUT2D eigenvalue weighted by atomic mass is 10.0. The molecule has 3 N–H and O–H groups in total. The van der Waals surface area contributed by atoms with E-state index in [2.05, 4.69) is 79.9 Å². The maximum Gasteiger partial charge on any atom is 0.220 e. The molecule has 0 aliphatic carbocycles. The molecule has 4 nitrogen and oxygen atoms in total. The zero-order valence-electron chi connectivity index (χ0n) is 58.3. The number of allylic oxidation sites excluding steroid dienone is 11. The van der Waals surface area contributed by atoms with E-state index in [1.54, 1.807) is 6.08 Å². The van der Waals surface area contributed by atoms with E-state index in [0.717, 1.165) is 51.4 Å². The third kappa shape index (κ3) is 72.6. The van der Waals surface area contributed by atoms with Gasteiger partial charge in [0.05, 0.1) is 18.8 Å². The normalized spacial score (nSPS) is 13.0. The number of nitrogens with one attached hydrogen (secondary N) is 1. The van der Waals surface area contributed by atoms with Crippen LogP contribution in [0.5, 0.6) is 0 Å². The quantitative estimate of drug-likeness (QED) is 0.0420. The van der Waals surface area contributed by atoms with Crippen LogP contribution in [0.2, 0.25) is 0 Å². The summed E-state index contributed by atoms with van der Waals surface area (Å²) in [5.74, 6) is -0.0708. The van der Waals surface area contributed by atoms with E-state index in [1.165, 1.54) is 353 Å². The van der Waals surface area contributed by atoms with Crippen molar-refractivity contribution < 1.29 is 15.0 Å². The first-order valence-corrected chi connectivity index (χ1v) is 39.2. The van der Waals surface area contributed by atoms with Crippen molar-refractivity contribution in [3.8, 4) is 0 Å². The topological polar surface area (TPSA) is 69.6 Å². The highest BCUT2D eigenvalue weighted by Crippen LogP contribution is 2.19. The second-order valence-corrected chi connectivity index (χ2v) is 26.8. The van der Waals surface area contributed by atoms with Crippen LogP contribution < -0.4 is 5.32 Å². The van der Waals surface area contributed by atoms with E-state index in [9.17, 15) is 15.0 Å². The first kappa shape index (κ1) is 83.8. The van der Waals surface area contributed by atoms with Crippen LogP contribution in [-0.2, 0) is 4.79 Å². The van der Waals surface area contributed by atoms with Crippen molar-refractivity contribution in [1.29, 1.82) is 0 Å². The van der Waals surface area contributed by atoms with Gasteiger partial charge in [-0.15, -0.1) is 0 Å². The van der Waals surface area contributed by atoms with Crippen LogP contribution in [0.3, 0.4) is 0 Å². The molecule has 0 aliphatic rings. The van der Waals surface area contributed by atoms with Gasteiger partial charge in [0.1, 0.15) is 0 Å². The molecule has 4 heteroatoms. The van der Waals surface area contributed by atoms with Crippen LogP contribution in [0, 0.1) is 0 Å². The van der Waals surface area contributed by atoms with Crippen molar-refractivity contribution in [2.75, 3.05) is 6.61 Å². The predicted octanol–water partition coefficient (Wildman–Crippen LogP) is 27.2. The second-order valence-electron chi connectivity index (χ2n) is 26.8. The molecule has 504 valence electrons. The largest absolute Gasteiger partial charge is 0.394 e. The van der Waals surface area contributed by atoms with Gasteiger partial charge in [-0.25, -0.2) is 0 Å². The van der Waals surface area contributed by atoms with Crippen molar-refractivity contribution >= 4 is 5.91 Å². The van der Waals surface area contributed by atoms with Gasteiger partial charge in [0.15, 0.2) is 0 Å². The summed E-state index contributed by atoms with van der Waals surface area (Å²) in [6, 6.07) is -0.649. The highest BCUT2D eigenvalue weighted by molar-refractivity contribution is 5.76. The van der Waals surface area contributed by atoms with E-state index in [0.29, 0.717) is 6.42 Å². The summed E-state index contributed by atoms with van der Waals surface area (Å²) in [5, 5.41) is 23.3. The van der Waals surface area contributed by atoms with Crippen LogP contribution in [0.4, 0.5) is 0 Å². The summed E-state index contributed by atoms with van der Waals surface area (Å²) in [7, 11) is 0. The van der Waals surface area contributed by atoms with Gasteiger partial charge in [-0.1, -0.05) is 408 Å². The molecule has 0 aromatic rings. The first-order valence-electron chi connectivity index (χ1n) is 39.2. The highest BCUT2D eigenvalue weighted by Gasteiger charge is 2.18. The molecular weight excluding hydrogens is 1050 g/mol. The average Bonchev–Trinajstić information content (AvgIpc) is 3.59. The molecule has 0 aromatic carbocycles. The van der Waals surface area contributed by atoms with Gasteiger partial charge in [0.2, 0.25) is 5.91 Å². The Morgan fingerprint density at radius 1 is 0.279 bits per heavy atom. The Morgan fingerprint density at radius 2 is 0.488 bits per heavy atom. The highest BCUT2D eigenvalue weighted by atomic mass is 16.3. The number of unbranched alkanes of at least 4 members (excludes halogenated alkanes) is 56. The lowest BCUT2D eigenvalue weighted by molar-refractivity contribution is -0.123. The van der Waals surface area contributed by atoms with E-state index >= 15 is 0 Å². The van der Waals surface area contributed by atoms with Crippen molar-refractivity contribution in [1.82, 2.24) is 5.32 Å². The van der Waals surface area contributed by atoms with Crippen LogP contribution in [0.1, 0.15) is 425 Å². The number of aliphatic hydroxyl groups is 2. The summed E-state index contributed by atoms with van der Waals surface area (Å²) in [6.45, 7) is 4.32. The lowest BCUT2D eigenvalue weighted by Gasteiger charge is -2.19. The van der Waals surface area contributed by atoms with Gasteiger partial charge >= 0.3 is 0 Å². The SMILES string of the molecule is CCCCCCC/C=C\C/C=C\C/C=C\CCCCCCCCCCCCCCCCCCCCCCCCCCCCC(=O)NC(CO)C(O)/C=C/CC/C=C/CC/C=C/CCCCCCCCCCCCCCCCCCCCCCCCC.